The summed E-state index contributed by atoms with van der Waals surface area (Å²) in [4.78, 5) is 10.3. The normalized spacial score (nSPS) is 12.7. The first kappa shape index (κ1) is 39.5. The van der Waals surface area contributed by atoms with Gasteiger partial charge >= 0.3 is 0 Å². The van der Waals surface area contributed by atoms with Crippen molar-refractivity contribution in [2.24, 2.45) is 0 Å². The minimum atomic E-state index is -0.835. The number of phenolic OH excluding ortho intramolecular Hbond substituents is 1. The molecule has 0 radical (unpaired) electrons. The van der Waals surface area contributed by atoms with Crippen LogP contribution in [0.5, 0.6) is 5.75 Å². The average molecular weight is 1010 g/mol. The Hall–Kier alpha value is -6.35. The first-order chi connectivity index (χ1) is 30.9. The predicted molar refractivity (Wildman–Crippen MR) is 259 cm³/mol. The van der Waals surface area contributed by atoms with Gasteiger partial charge in [0.2, 0.25) is 0 Å². The standard InChI is InChI=1S/C58H52N3O.Pt/c1-36(2)40-20-22-42(23-21-40)44-26-27-59-53(35-44)50-33-47(41-14-9-8-10-15-41)32-49(34-50)51-17-13-18-55-57(51)60-58(52-16-11-12-19-56(52)62)61(55)54-25-24-43(28-39(54)7)48-30-45(37(3)4)29-46(31-48)38(5)6;/h8-33,35-38,62H,1-7H3;/q-1;/i36D,37D,38D;. The van der Waals surface area contributed by atoms with Crippen molar-refractivity contribution in [2.45, 2.75) is 66.1 Å². The Morgan fingerprint density at radius 1 is 0.540 bits per heavy atom. The first-order valence-electron chi connectivity index (χ1n) is 22.7. The minimum absolute atomic E-state index is 0. The molecule has 0 spiro atoms. The molecule has 9 aromatic rings. The molecule has 1 N–H and O–H groups in total. The Balaban J connectivity index is 0.00000592. The summed E-state index contributed by atoms with van der Waals surface area (Å²) in [7, 11) is 0. The van der Waals surface area contributed by atoms with E-state index in [9.17, 15) is 5.11 Å². The first-order valence-corrected chi connectivity index (χ1v) is 21.2. The zero-order chi connectivity index (χ0) is 45.8. The molecular weight excluding hydrogens is 950 g/mol. The topological polar surface area (TPSA) is 50.9 Å². The van der Waals surface area contributed by atoms with Gasteiger partial charge in [-0.25, -0.2) is 4.98 Å². The van der Waals surface area contributed by atoms with Gasteiger partial charge in [-0.3, -0.25) is 9.55 Å². The van der Waals surface area contributed by atoms with Crippen molar-refractivity contribution < 1.29 is 30.3 Å². The third-order valence-electron chi connectivity index (χ3n) is 11.8. The van der Waals surface area contributed by atoms with E-state index in [0.29, 0.717) is 11.4 Å². The molecule has 0 aliphatic heterocycles. The van der Waals surface area contributed by atoms with Gasteiger partial charge in [-0.05, 0) is 111 Å². The van der Waals surface area contributed by atoms with Gasteiger partial charge in [0.25, 0.3) is 0 Å². The molecule has 0 aliphatic carbocycles. The van der Waals surface area contributed by atoms with Gasteiger partial charge < -0.3 is 5.11 Å². The predicted octanol–water partition coefficient (Wildman–Crippen LogP) is 15.6. The van der Waals surface area contributed by atoms with Crippen LogP contribution in [0.4, 0.5) is 0 Å². The van der Waals surface area contributed by atoms with E-state index in [1.807, 2.05) is 108 Å². The Kier molecular flexibility index (Phi) is 11.4. The number of aryl methyl sites for hydroxylation is 1. The fourth-order valence-electron chi connectivity index (χ4n) is 8.27. The fraction of sp³-hybridized carbons (Fsp3) is 0.172. The van der Waals surface area contributed by atoms with Crippen LogP contribution in [0.25, 0.3) is 83.9 Å². The fourth-order valence-corrected chi connectivity index (χ4v) is 8.27. The maximum Gasteiger partial charge on any atom is 0.148 e. The summed E-state index contributed by atoms with van der Waals surface area (Å²) in [6, 6.07) is 56.7. The van der Waals surface area contributed by atoms with E-state index in [4.69, 9.17) is 14.1 Å². The number of hydrogen-bond acceptors (Lipinski definition) is 3. The molecule has 316 valence electrons. The number of nitrogens with zero attached hydrogens (tertiary/aromatic N) is 3. The van der Waals surface area contributed by atoms with Crippen LogP contribution in [0.2, 0.25) is 0 Å². The number of aromatic hydroxyl groups is 1. The minimum Gasteiger partial charge on any atom is -0.507 e. The molecule has 0 atom stereocenters. The molecule has 9 rings (SSSR count). The molecule has 5 heteroatoms. The number of phenols is 1. The number of aromatic nitrogens is 3. The number of pyridine rings is 1. The van der Waals surface area contributed by atoms with E-state index in [2.05, 4.69) is 109 Å². The van der Waals surface area contributed by atoms with Crippen LogP contribution in [-0.2, 0) is 21.1 Å². The molecule has 4 nitrogen and oxygen atoms in total. The number of rotatable bonds is 10. The van der Waals surface area contributed by atoms with E-state index in [-0.39, 0.29) is 26.8 Å². The van der Waals surface area contributed by atoms with Crippen molar-refractivity contribution in [3.63, 3.8) is 0 Å². The molecule has 0 amide bonds. The maximum atomic E-state index is 11.4. The summed E-state index contributed by atoms with van der Waals surface area (Å²) >= 11 is 0. The molecule has 0 fully saturated rings. The quantitative estimate of drug-likeness (QED) is 0.139. The van der Waals surface area contributed by atoms with Crippen molar-refractivity contribution >= 4 is 11.0 Å². The largest absolute Gasteiger partial charge is 0.507 e. The van der Waals surface area contributed by atoms with Crippen LogP contribution >= 0.6 is 0 Å². The van der Waals surface area contributed by atoms with Gasteiger partial charge in [0.05, 0.1) is 22.3 Å². The van der Waals surface area contributed by atoms with Crippen LogP contribution in [0.15, 0.2) is 164 Å². The third kappa shape index (κ3) is 8.70. The Bertz CT molecular complexity index is 3200. The Morgan fingerprint density at radius 3 is 1.83 bits per heavy atom. The van der Waals surface area contributed by atoms with Crippen LogP contribution in [0.3, 0.4) is 0 Å². The maximum absolute atomic E-state index is 11.4. The van der Waals surface area contributed by atoms with E-state index in [0.717, 1.165) is 94.7 Å². The monoisotopic (exact) mass is 1000 g/mol. The smallest absolute Gasteiger partial charge is 0.148 e. The zero-order valence-corrected chi connectivity index (χ0v) is 39.0. The molecule has 7 aromatic carbocycles. The zero-order valence-electron chi connectivity index (χ0n) is 39.7. The molecule has 63 heavy (non-hydrogen) atoms. The van der Waals surface area contributed by atoms with Crippen molar-refractivity contribution in [2.75, 3.05) is 0 Å². The van der Waals surface area contributed by atoms with Gasteiger partial charge in [0.1, 0.15) is 11.6 Å². The van der Waals surface area contributed by atoms with Gasteiger partial charge in [-0.1, -0.05) is 167 Å². The second-order valence-corrected chi connectivity index (χ2v) is 16.8. The number of hydrogen-bond donors (Lipinski definition) is 1. The van der Waals surface area contributed by atoms with Crippen molar-refractivity contribution in [3.8, 4) is 78.6 Å². The second-order valence-electron chi connectivity index (χ2n) is 16.8. The van der Waals surface area contributed by atoms with Crippen LogP contribution in [-0.4, -0.2) is 19.6 Å². The average Bonchev–Trinajstić information content (AvgIpc) is 3.67. The van der Waals surface area contributed by atoms with Crippen molar-refractivity contribution in [1.29, 1.82) is 0 Å². The van der Waals surface area contributed by atoms with Gasteiger partial charge in [0, 0.05) is 37.1 Å². The van der Waals surface area contributed by atoms with Crippen LogP contribution in [0.1, 0.15) is 85.6 Å². The summed E-state index contributed by atoms with van der Waals surface area (Å²) < 4.78 is 28.3. The molecule has 0 unspecified atom stereocenters. The summed E-state index contributed by atoms with van der Waals surface area (Å²) in [6.45, 7) is 13.4. The van der Waals surface area contributed by atoms with Crippen molar-refractivity contribution in [1.82, 2.24) is 14.5 Å². The van der Waals surface area contributed by atoms with E-state index in [1.54, 1.807) is 6.07 Å². The number of benzene rings is 7. The molecule has 2 aromatic heterocycles. The summed E-state index contributed by atoms with van der Waals surface area (Å²) in [5.41, 5.74) is 16.3. The Labute approximate surface area is 390 Å². The van der Waals surface area contributed by atoms with Gasteiger partial charge in [-0.15, -0.1) is 23.8 Å². The number of para-hydroxylation sites is 2. The molecular formula is C58H52N3OPt-. The number of fused-ring (bicyclic) bond motifs is 1. The van der Waals surface area contributed by atoms with E-state index < -0.39 is 17.7 Å². The summed E-state index contributed by atoms with van der Waals surface area (Å²) in [5.74, 6) is -1.62. The summed E-state index contributed by atoms with van der Waals surface area (Å²) in [5, 5.41) is 11.4. The van der Waals surface area contributed by atoms with Gasteiger partial charge in [-0.2, -0.15) is 0 Å². The summed E-state index contributed by atoms with van der Waals surface area (Å²) in [6.07, 6.45) is 1.84. The van der Waals surface area contributed by atoms with Crippen LogP contribution in [0, 0.1) is 13.0 Å². The van der Waals surface area contributed by atoms with Crippen molar-refractivity contribution in [3.05, 3.63) is 192 Å². The number of imidazole rings is 1. The SMILES string of the molecule is [2H]C(C)(C)c1ccc(-c2ccnc(-c3[c-]c(-c4cccc5c4nc(-c4ccccc4O)n5-c4ccc(-c5cc(C([2H])(C)C)cc(C([2H])(C)C)c5)cc4C)cc(-c4ccccc4)c3)c2)cc1.[Pt]. The van der Waals surface area contributed by atoms with Crippen LogP contribution < -0.4 is 0 Å². The molecule has 0 aliphatic rings. The second kappa shape index (κ2) is 18.2. The van der Waals surface area contributed by atoms with Gasteiger partial charge in [0.15, 0.2) is 0 Å². The van der Waals surface area contributed by atoms with E-state index in [1.165, 1.54) is 0 Å². The molecule has 0 saturated heterocycles. The third-order valence-corrected chi connectivity index (χ3v) is 11.8. The van der Waals surface area contributed by atoms with E-state index >= 15 is 0 Å². The Morgan fingerprint density at radius 2 is 1.14 bits per heavy atom. The molecule has 0 bridgehead atoms. The molecule has 0 saturated carbocycles. The molecule has 2 heterocycles.